The Labute approximate surface area is 154 Å². The number of nitrogens with zero attached hydrogens (tertiary/aromatic N) is 1. The fraction of sp³-hybridized carbons (Fsp3) is 0.556. The van der Waals surface area contributed by atoms with Gasteiger partial charge in [0.25, 0.3) is 5.91 Å². The van der Waals surface area contributed by atoms with Crippen LogP contribution in [-0.2, 0) is 19.6 Å². The Kier molecular flexibility index (Phi) is 6.77. The number of amides is 1. The molecule has 1 aromatic rings. The summed E-state index contributed by atoms with van der Waals surface area (Å²) in [7, 11) is -3.71. The number of hydrogen-bond acceptors (Lipinski definition) is 5. The van der Waals surface area contributed by atoms with Crippen molar-refractivity contribution in [2.75, 3.05) is 26.2 Å². The fourth-order valence-electron chi connectivity index (χ4n) is 3.00. The minimum absolute atomic E-state index is 0.0962. The predicted octanol–water partition coefficient (Wildman–Crippen LogP) is 1.71. The van der Waals surface area contributed by atoms with Crippen LogP contribution < -0.4 is 5.32 Å². The smallest absolute Gasteiger partial charge is 0.309 e. The van der Waals surface area contributed by atoms with E-state index in [1.165, 1.54) is 16.4 Å². The molecule has 1 aliphatic rings. The first-order valence-electron chi connectivity index (χ1n) is 8.86. The van der Waals surface area contributed by atoms with Gasteiger partial charge in [0.15, 0.2) is 0 Å². The number of esters is 1. The predicted molar refractivity (Wildman–Crippen MR) is 97.3 cm³/mol. The molecule has 8 heteroatoms. The van der Waals surface area contributed by atoms with Crippen LogP contribution >= 0.6 is 0 Å². The van der Waals surface area contributed by atoms with E-state index >= 15 is 0 Å². The lowest BCUT2D eigenvalue weighted by Gasteiger charge is -2.30. The van der Waals surface area contributed by atoms with E-state index in [1.54, 1.807) is 19.9 Å². The highest BCUT2D eigenvalue weighted by atomic mass is 32.2. The number of sulfonamides is 1. The van der Waals surface area contributed by atoms with Gasteiger partial charge in [0.05, 0.1) is 17.4 Å². The molecule has 144 valence electrons. The number of carbonyl (C=O) groups is 2. The van der Waals surface area contributed by atoms with E-state index in [4.69, 9.17) is 4.74 Å². The second-order valence-corrected chi connectivity index (χ2v) is 8.20. The third-order valence-corrected chi connectivity index (χ3v) is 6.40. The minimum Gasteiger partial charge on any atom is -0.466 e. The first kappa shape index (κ1) is 20.4. The maximum absolute atomic E-state index is 12.9. The van der Waals surface area contributed by atoms with Crippen LogP contribution in [-0.4, -0.2) is 50.8 Å². The molecule has 1 amide bonds. The second kappa shape index (κ2) is 8.64. The summed E-state index contributed by atoms with van der Waals surface area (Å²) in [6, 6.07) is 4.58. The highest BCUT2D eigenvalue weighted by Crippen LogP contribution is 2.26. The van der Waals surface area contributed by atoms with Gasteiger partial charge in [0.2, 0.25) is 10.0 Å². The number of ether oxygens (including phenoxy) is 1. The van der Waals surface area contributed by atoms with Crippen LogP contribution in [0.4, 0.5) is 0 Å². The highest BCUT2D eigenvalue weighted by Gasteiger charge is 2.33. The van der Waals surface area contributed by atoms with Gasteiger partial charge in [-0.05, 0) is 51.3 Å². The minimum atomic E-state index is -3.71. The van der Waals surface area contributed by atoms with Crippen LogP contribution in [0.3, 0.4) is 0 Å². The van der Waals surface area contributed by atoms with Crippen molar-refractivity contribution in [1.82, 2.24) is 9.62 Å². The van der Waals surface area contributed by atoms with E-state index in [2.05, 4.69) is 5.32 Å². The highest BCUT2D eigenvalue weighted by molar-refractivity contribution is 7.89. The van der Waals surface area contributed by atoms with Gasteiger partial charge in [-0.2, -0.15) is 4.31 Å². The Morgan fingerprint density at radius 2 is 1.88 bits per heavy atom. The SMILES string of the molecule is CCNC(=O)c1cc(S(=O)(=O)N2CCC(C(=O)OCC)CC2)ccc1C. The van der Waals surface area contributed by atoms with Crippen LogP contribution in [0.25, 0.3) is 0 Å². The zero-order valence-electron chi connectivity index (χ0n) is 15.4. The number of hydrogen-bond donors (Lipinski definition) is 1. The largest absolute Gasteiger partial charge is 0.466 e. The van der Waals surface area contributed by atoms with Crippen molar-refractivity contribution in [1.29, 1.82) is 0 Å². The Bertz CT molecular complexity index is 768. The third kappa shape index (κ3) is 4.42. The lowest BCUT2D eigenvalue weighted by Crippen LogP contribution is -2.40. The molecule has 1 heterocycles. The molecule has 0 radical (unpaired) electrons. The zero-order chi connectivity index (χ0) is 19.3. The van der Waals surface area contributed by atoms with E-state index in [0.717, 1.165) is 5.56 Å². The van der Waals surface area contributed by atoms with Crippen molar-refractivity contribution < 1.29 is 22.7 Å². The molecule has 26 heavy (non-hydrogen) atoms. The maximum atomic E-state index is 12.9. The second-order valence-electron chi connectivity index (χ2n) is 6.27. The van der Waals surface area contributed by atoms with Gasteiger partial charge in [-0.15, -0.1) is 0 Å². The first-order chi connectivity index (χ1) is 12.3. The summed E-state index contributed by atoms with van der Waals surface area (Å²) in [4.78, 5) is 24.0. The number of aryl methyl sites for hydroxylation is 1. The molecule has 1 saturated heterocycles. The Hall–Kier alpha value is -1.93. The van der Waals surface area contributed by atoms with E-state index < -0.39 is 10.0 Å². The molecule has 0 saturated carbocycles. The molecule has 1 fully saturated rings. The lowest BCUT2D eigenvalue weighted by atomic mass is 9.98. The molecule has 0 aromatic heterocycles. The Morgan fingerprint density at radius 1 is 1.23 bits per heavy atom. The van der Waals surface area contributed by atoms with Crippen LogP contribution in [0.2, 0.25) is 0 Å². The molecular formula is C18H26N2O5S. The summed E-state index contributed by atoms with van der Waals surface area (Å²) in [6.07, 6.45) is 0.875. The Morgan fingerprint density at radius 3 is 2.46 bits per heavy atom. The number of piperidine rings is 1. The normalized spacial score (nSPS) is 16.3. The molecule has 1 aliphatic heterocycles. The van der Waals surface area contributed by atoms with E-state index in [1.807, 2.05) is 6.92 Å². The molecule has 7 nitrogen and oxygen atoms in total. The van der Waals surface area contributed by atoms with Gasteiger partial charge < -0.3 is 10.1 Å². The maximum Gasteiger partial charge on any atom is 0.309 e. The molecule has 1 N–H and O–H groups in total. The van der Waals surface area contributed by atoms with E-state index in [0.29, 0.717) is 31.6 Å². The van der Waals surface area contributed by atoms with E-state index in [-0.39, 0.29) is 35.8 Å². The molecule has 1 aromatic carbocycles. The van der Waals surface area contributed by atoms with Gasteiger partial charge in [0, 0.05) is 25.2 Å². The number of benzene rings is 1. The molecule has 0 bridgehead atoms. The van der Waals surface area contributed by atoms with Crippen molar-refractivity contribution in [3.8, 4) is 0 Å². The zero-order valence-corrected chi connectivity index (χ0v) is 16.3. The Balaban J connectivity index is 2.17. The summed E-state index contributed by atoms with van der Waals surface area (Å²) in [6.45, 7) is 6.64. The standard InChI is InChI=1S/C18H26N2O5S/c1-4-19-17(21)16-12-15(7-6-13(16)3)26(23,24)20-10-8-14(9-11-20)18(22)25-5-2/h6-7,12,14H,4-5,8-11H2,1-3H3,(H,19,21). The summed E-state index contributed by atoms with van der Waals surface area (Å²) in [5, 5.41) is 2.69. The number of rotatable bonds is 6. The molecule has 2 rings (SSSR count). The average molecular weight is 382 g/mol. The molecule has 0 aliphatic carbocycles. The lowest BCUT2D eigenvalue weighted by molar-refractivity contribution is -0.149. The summed E-state index contributed by atoms with van der Waals surface area (Å²) in [5.41, 5.74) is 1.07. The van der Waals surface area contributed by atoms with Gasteiger partial charge in [0.1, 0.15) is 0 Å². The third-order valence-electron chi connectivity index (χ3n) is 4.50. The first-order valence-corrected chi connectivity index (χ1v) is 10.3. The van der Waals surface area contributed by atoms with Crippen LogP contribution in [0.5, 0.6) is 0 Å². The van der Waals surface area contributed by atoms with Crippen molar-refractivity contribution in [2.24, 2.45) is 5.92 Å². The van der Waals surface area contributed by atoms with E-state index in [9.17, 15) is 18.0 Å². The van der Waals surface area contributed by atoms with Crippen LogP contribution in [0.15, 0.2) is 23.1 Å². The van der Waals surface area contributed by atoms with Crippen molar-refractivity contribution in [3.63, 3.8) is 0 Å². The topological polar surface area (TPSA) is 92.8 Å². The average Bonchev–Trinajstić information content (AvgIpc) is 2.62. The molecule has 0 spiro atoms. The molecule has 0 unspecified atom stereocenters. The molecule has 0 atom stereocenters. The van der Waals surface area contributed by atoms with Gasteiger partial charge in [-0.25, -0.2) is 8.42 Å². The summed E-state index contributed by atoms with van der Waals surface area (Å²) in [5.74, 6) is -0.813. The molecular weight excluding hydrogens is 356 g/mol. The summed E-state index contributed by atoms with van der Waals surface area (Å²) < 4.78 is 32.2. The number of carbonyl (C=O) groups excluding carboxylic acids is 2. The quantitative estimate of drug-likeness (QED) is 0.756. The fourth-order valence-corrected chi connectivity index (χ4v) is 4.50. The van der Waals surface area contributed by atoms with Crippen LogP contribution in [0.1, 0.15) is 42.6 Å². The van der Waals surface area contributed by atoms with Crippen molar-refractivity contribution in [2.45, 2.75) is 38.5 Å². The number of nitrogens with one attached hydrogen (secondary N) is 1. The van der Waals surface area contributed by atoms with Gasteiger partial charge >= 0.3 is 5.97 Å². The van der Waals surface area contributed by atoms with Gasteiger partial charge in [-0.3, -0.25) is 9.59 Å². The van der Waals surface area contributed by atoms with Crippen molar-refractivity contribution in [3.05, 3.63) is 29.3 Å². The monoisotopic (exact) mass is 382 g/mol. The van der Waals surface area contributed by atoms with Gasteiger partial charge in [-0.1, -0.05) is 6.07 Å². The van der Waals surface area contributed by atoms with Crippen LogP contribution in [0, 0.1) is 12.8 Å². The summed E-state index contributed by atoms with van der Waals surface area (Å²) >= 11 is 0. The van der Waals surface area contributed by atoms with Crippen molar-refractivity contribution >= 4 is 21.9 Å².